The number of benzene rings is 1. The van der Waals surface area contributed by atoms with E-state index >= 15 is 14.4 Å². The van der Waals surface area contributed by atoms with Crippen molar-refractivity contribution < 1.29 is 54.6 Å². The van der Waals surface area contributed by atoms with Crippen LogP contribution in [0.1, 0.15) is 186 Å². The van der Waals surface area contributed by atoms with Crippen molar-refractivity contribution in [2.45, 2.75) is 226 Å². The Balaban J connectivity index is 0.000000487. The molecule has 0 saturated carbocycles. The Labute approximate surface area is 435 Å². The van der Waals surface area contributed by atoms with E-state index < -0.39 is 126 Å². The topological polar surface area (TPSA) is 255 Å². The second-order valence-corrected chi connectivity index (χ2v) is 28.4. The van der Waals surface area contributed by atoms with E-state index in [0.717, 1.165) is 5.57 Å². The Hall–Kier alpha value is -3.99. The van der Waals surface area contributed by atoms with Gasteiger partial charge >= 0.3 is 23.9 Å². The van der Waals surface area contributed by atoms with Gasteiger partial charge in [0.15, 0.2) is 11.6 Å². The van der Waals surface area contributed by atoms with Gasteiger partial charge in [-0.3, -0.25) is 24.0 Å². The highest BCUT2D eigenvalue weighted by molar-refractivity contribution is 6.00. The van der Waals surface area contributed by atoms with E-state index in [9.17, 15) is 40.2 Å². The number of carboxylic acid groups (broad SMARTS) is 4. The van der Waals surface area contributed by atoms with E-state index in [4.69, 9.17) is 0 Å². The fourth-order valence-electron chi connectivity index (χ4n) is 16.9. The van der Waals surface area contributed by atoms with E-state index in [2.05, 4.69) is 21.3 Å². The average Bonchev–Trinajstić information content (AvgIpc) is 3.13. The maximum absolute atomic E-state index is 15.7. The van der Waals surface area contributed by atoms with Crippen LogP contribution in [0.4, 0.5) is 0 Å². The summed E-state index contributed by atoms with van der Waals surface area (Å²) in [6.45, 7) is 33.4. The van der Waals surface area contributed by atoms with Crippen molar-refractivity contribution in [1.29, 1.82) is 0 Å². The molecule has 4 fully saturated rings. The Kier molecular flexibility index (Phi) is 16.0. The first-order valence-corrected chi connectivity index (χ1v) is 26.3. The van der Waals surface area contributed by atoms with Crippen LogP contribution in [0, 0.1) is 45.8 Å². The lowest BCUT2D eigenvalue weighted by Crippen LogP contribution is -2.79. The van der Waals surface area contributed by atoms with E-state index in [1.807, 2.05) is 117 Å². The first-order chi connectivity index (χ1) is 32.8. The summed E-state index contributed by atoms with van der Waals surface area (Å²) < 4.78 is 0. The van der Waals surface area contributed by atoms with E-state index in [1.54, 1.807) is 37.3 Å². The number of allylic oxidation sites excluding steroid dienone is 2. The summed E-state index contributed by atoms with van der Waals surface area (Å²) in [4.78, 5) is 72.3. The monoisotopic (exact) mass is 1020 g/mol. The van der Waals surface area contributed by atoms with Crippen LogP contribution in [0.3, 0.4) is 0 Å². The van der Waals surface area contributed by atoms with Gasteiger partial charge in [-0.15, -0.1) is 0 Å². The van der Waals surface area contributed by atoms with Gasteiger partial charge in [0.05, 0.1) is 23.2 Å². The molecule has 3 unspecified atom stereocenters. The molecule has 1 aromatic rings. The maximum atomic E-state index is 15.7. The molecule has 0 spiro atoms. The molecule has 6 rings (SSSR count). The van der Waals surface area contributed by atoms with Gasteiger partial charge in [0, 0.05) is 49.9 Å². The van der Waals surface area contributed by atoms with Gasteiger partial charge in [-0.2, -0.15) is 0 Å². The van der Waals surface area contributed by atoms with Crippen molar-refractivity contribution in [2.24, 2.45) is 45.8 Å². The van der Waals surface area contributed by atoms with Crippen LogP contribution in [0.5, 0.6) is 0 Å². The van der Waals surface area contributed by atoms with Gasteiger partial charge < -0.3 is 51.9 Å². The molecule has 10 N–H and O–H groups in total. The zero-order valence-electron chi connectivity index (χ0n) is 47.1. The van der Waals surface area contributed by atoms with E-state index in [0.29, 0.717) is 5.56 Å². The van der Waals surface area contributed by atoms with Crippen LogP contribution >= 0.6 is 0 Å². The van der Waals surface area contributed by atoms with Crippen molar-refractivity contribution in [1.82, 2.24) is 21.3 Å². The highest BCUT2D eigenvalue weighted by Crippen LogP contribution is 2.74. The Morgan fingerprint density at radius 2 is 0.849 bits per heavy atom. The quantitative estimate of drug-likeness (QED) is 0.0656. The van der Waals surface area contributed by atoms with Crippen LogP contribution in [0.15, 0.2) is 54.1 Å². The number of hydrogen-bond acceptors (Lipinski definition) is 11. The molecule has 0 aromatic heterocycles. The summed E-state index contributed by atoms with van der Waals surface area (Å²) in [5, 5.41) is 83.3. The molecule has 0 amide bonds. The molecule has 0 bridgehead atoms. The predicted molar refractivity (Wildman–Crippen MR) is 283 cm³/mol. The largest absolute Gasteiger partial charge is 0.481 e. The third-order valence-electron chi connectivity index (χ3n) is 17.0. The molecule has 15 nitrogen and oxygen atoms in total. The Morgan fingerprint density at radius 3 is 1.15 bits per heavy atom. The number of aliphatic hydroxyl groups is 2. The van der Waals surface area contributed by atoms with E-state index in [-0.39, 0.29) is 57.1 Å². The second kappa shape index (κ2) is 19.5. The molecule has 4 saturated heterocycles. The first kappa shape index (κ1) is 59.9. The molecule has 0 radical (unpaired) electrons. The molecule has 5 aliphatic rings. The second-order valence-electron chi connectivity index (χ2n) is 28.4. The number of piperidine rings is 4. The van der Waals surface area contributed by atoms with Crippen LogP contribution < -0.4 is 21.3 Å². The molecule has 4 heterocycles. The molecular weight excluding hydrogens is 929 g/mol. The smallest absolute Gasteiger partial charge is 0.312 e. The summed E-state index contributed by atoms with van der Waals surface area (Å²) in [7, 11) is 0. The van der Waals surface area contributed by atoms with Gasteiger partial charge in [0.25, 0.3) is 0 Å². The number of hydrogen-bond donors (Lipinski definition) is 10. The normalized spacial score (nSPS) is 27.9. The number of rotatable bonds is 13. The van der Waals surface area contributed by atoms with Crippen molar-refractivity contribution in [3.8, 4) is 0 Å². The van der Waals surface area contributed by atoms with Crippen molar-refractivity contribution in [2.75, 3.05) is 0 Å². The molecule has 3 atom stereocenters. The number of carbonyl (C=O) groups is 5. The van der Waals surface area contributed by atoms with Crippen molar-refractivity contribution >= 4 is 29.7 Å². The third-order valence-corrected chi connectivity index (χ3v) is 17.0. The minimum absolute atomic E-state index is 0.139. The fourth-order valence-corrected chi connectivity index (χ4v) is 16.9. The number of Topliss-reactive ketones (excluding diaryl/α,β-unsaturated/α-hetero) is 1. The molecule has 73 heavy (non-hydrogen) atoms. The van der Waals surface area contributed by atoms with Gasteiger partial charge in [-0.25, -0.2) is 0 Å². The highest BCUT2D eigenvalue weighted by atomic mass is 16.5. The zero-order chi connectivity index (χ0) is 55.8. The number of carbonyl (C=O) groups excluding carboxylic acids is 1. The lowest BCUT2D eigenvalue weighted by atomic mass is 9.32. The molecule has 15 heteroatoms. The van der Waals surface area contributed by atoms with Crippen molar-refractivity contribution in [3.05, 3.63) is 59.7 Å². The molecule has 1 aromatic carbocycles. The summed E-state index contributed by atoms with van der Waals surface area (Å²) >= 11 is 0. The predicted octanol–water partition coefficient (Wildman–Crippen LogP) is 8.58. The summed E-state index contributed by atoms with van der Waals surface area (Å²) in [6, 6.07) is 8.63. The fraction of sp³-hybridized carbons (Fsp3) is 0.741. The van der Waals surface area contributed by atoms with E-state index in [1.165, 1.54) is 12.2 Å². The molecular formula is C58H92N4O11. The Bertz CT molecular complexity index is 2240. The van der Waals surface area contributed by atoms with Gasteiger partial charge in [-0.05, 0) is 199 Å². The molecule has 410 valence electrons. The molecule has 1 aliphatic carbocycles. The minimum Gasteiger partial charge on any atom is -0.481 e. The summed E-state index contributed by atoms with van der Waals surface area (Å²) in [5.41, 5.74) is -11.9. The SMILES string of the molecule is CC1(C)CC(C(CC(=O)O)(C(=O)O)C(C(=O)O)(C2CC(C)(C)NC(C)(C)C2)C(C(=O)O)(C2CC(C)(C)NC(C)(C)C2)C2CC(C)(C)NC(C)(C)C2)CC(C)(C)N1.CC1=CC(O)(O)C(C(=O)c2ccccc2)C=C1. The Morgan fingerprint density at radius 1 is 0.507 bits per heavy atom. The zero-order valence-corrected chi connectivity index (χ0v) is 47.1. The van der Waals surface area contributed by atoms with Crippen LogP contribution in [0.2, 0.25) is 0 Å². The highest BCUT2D eigenvalue weighted by Gasteiger charge is 2.83. The van der Waals surface area contributed by atoms with Gasteiger partial charge in [0.1, 0.15) is 5.41 Å². The first-order valence-electron chi connectivity index (χ1n) is 26.3. The van der Waals surface area contributed by atoms with Crippen LogP contribution in [0.25, 0.3) is 0 Å². The van der Waals surface area contributed by atoms with Gasteiger partial charge in [0.2, 0.25) is 0 Å². The summed E-state index contributed by atoms with van der Waals surface area (Å²) in [5.74, 6) is -13.0. The maximum Gasteiger partial charge on any atom is 0.312 e. The van der Waals surface area contributed by atoms with Crippen molar-refractivity contribution in [3.63, 3.8) is 0 Å². The number of aliphatic carboxylic acids is 4. The third kappa shape index (κ3) is 12.0. The van der Waals surface area contributed by atoms with Gasteiger partial charge in [-0.1, -0.05) is 48.1 Å². The number of nitrogens with one attached hydrogen (secondary N) is 4. The molecule has 4 aliphatic heterocycles. The summed E-state index contributed by atoms with van der Waals surface area (Å²) in [6.07, 6.45) is 5.10. The van der Waals surface area contributed by atoms with Crippen LogP contribution in [-0.2, 0) is 19.2 Å². The van der Waals surface area contributed by atoms with Crippen LogP contribution in [-0.4, -0.2) is 110 Å². The average molecular weight is 1020 g/mol. The minimum atomic E-state index is -2.62. The number of ketones is 1. The lowest BCUT2D eigenvalue weighted by Gasteiger charge is -2.69. The standard InChI is InChI=1S/C44H78N4O8.C14H14O3/c1-34(2)17-26(18-35(3,4)45-34)42(31(51)52,25-30(49)50)44(33(55)56,29-23-40(13,14)48-41(15,16)24-29)43(32(53)54,27-19-36(5,6)46-37(7,8)20-27)28-21-38(9,10)47-39(11,12)22-28;1-10-7-8-12(14(16,17)9-10)13(15)11-5-3-2-4-6-11/h26-29,45-48H,17-25H2,1-16H3,(H,49,50)(H,51,52)(H,53,54)(H,55,56);2-9,12,16-17H,1H3. The lowest BCUT2D eigenvalue weighted by molar-refractivity contribution is -0.256. The number of carboxylic acids is 4.